The number of nitrogens with one attached hydrogen (secondary N) is 1. The van der Waals surface area contributed by atoms with Gasteiger partial charge in [-0.05, 0) is 23.9 Å². The molecule has 0 radical (unpaired) electrons. The summed E-state index contributed by atoms with van der Waals surface area (Å²) in [5.74, 6) is -1.65. The normalized spacial score (nSPS) is 24.2. The van der Waals surface area contributed by atoms with E-state index in [9.17, 15) is 24.6 Å². The zero-order valence-corrected chi connectivity index (χ0v) is 14.4. The number of nitrogens with zero attached hydrogens (tertiary/aromatic N) is 1. The predicted octanol–water partition coefficient (Wildman–Crippen LogP) is 0.410. The van der Waals surface area contributed by atoms with Crippen LogP contribution in [0.25, 0.3) is 0 Å². The Hall–Kier alpha value is -1.84. The molecule has 0 saturated carbocycles. The lowest BCUT2D eigenvalue weighted by atomic mass is 10.0. The molecular weight excluding hydrogens is 352 g/mol. The van der Waals surface area contributed by atoms with Crippen molar-refractivity contribution in [2.45, 2.75) is 30.9 Å². The van der Waals surface area contributed by atoms with Crippen molar-refractivity contribution >= 4 is 40.9 Å². The largest absolute Gasteiger partial charge is 0.477 e. The van der Waals surface area contributed by atoms with Gasteiger partial charge in [0.05, 0.1) is 12.5 Å². The molecule has 9 heteroatoms. The van der Waals surface area contributed by atoms with Crippen molar-refractivity contribution < 1.29 is 24.6 Å². The van der Waals surface area contributed by atoms with Gasteiger partial charge in [-0.3, -0.25) is 14.5 Å². The molecule has 7 nitrogen and oxygen atoms in total. The van der Waals surface area contributed by atoms with E-state index in [1.54, 1.807) is 0 Å². The van der Waals surface area contributed by atoms with Crippen molar-refractivity contribution in [3.05, 3.63) is 33.7 Å². The molecule has 3 atom stereocenters. The second-order valence-electron chi connectivity index (χ2n) is 5.57. The summed E-state index contributed by atoms with van der Waals surface area (Å²) in [6.07, 6.45) is -0.746. The Morgan fingerprint density at radius 1 is 1.50 bits per heavy atom. The number of hydrogen-bond acceptors (Lipinski definition) is 6. The summed E-state index contributed by atoms with van der Waals surface area (Å²) in [5, 5.41) is 23.2. The molecule has 2 unspecified atom stereocenters. The summed E-state index contributed by atoms with van der Waals surface area (Å²) in [5.41, 5.74) is 0.156. The maximum absolute atomic E-state index is 12.3. The molecule has 0 bridgehead atoms. The van der Waals surface area contributed by atoms with E-state index in [-0.39, 0.29) is 18.0 Å². The highest BCUT2D eigenvalue weighted by Gasteiger charge is 2.54. The standard InChI is InChI=1S/C15H16N2O5S2/c1-7(18)9-6-24-14-11(13(20)17(14)12(9)15(21)22)16-10(19)5-8-3-2-4-23-8/h2-4,7,11,14,18H,5-6H2,1H3,(H,16,19)(H,21,22)/t7?,11?,14-/m0/s1. The van der Waals surface area contributed by atoms with Gasteiger partial charge in [0.1, 0.15) is 17.1 Å². The van der Waals surface area contributed by atoms with Gasteiger partial charge in [-0.15, -0.1) is 23.1 Å². The summed E-state index contributed by atoms with van der Waals surface area (Å²) < 4.78 is 0. The third kappa shape index (κ3) is 2.94. The van der Waals surface area contributed by atoms with Crippen LogP contribution in [0.1, 0.15) is 11.8 Å². The SMILES string of the molecule is CC(O)C1=C(C(=O)O)N2C(=O)C(NC(=O)Cc3cccs3)[C@@H]2SC1. The number of carbonyl (C=O) groups is 3. The number of carboxylic acid groups (broad SMARTS) is 1. The van der Waals surface area contributed by atoms with Crippen LogP contribution in [0.5, 0.6) is 0 Å². The second-order valence-corrected chi connectivity index (χ2v) is 7.70. The van der Waals surface area contributed by atoms with E-state index in [2.05, 4.69) is 5.32 Å². The van der Waals surface area contributed by atoms with Crippen LogP contribution in [0.2, 0.25) is 0 Å². The van der Waals surface area contributed by atoms with E-state index in [4.69, 9.17) is 0 Å². The number of thiophene rings is 1. The van der Waals surface area contributed by atoms with Gasteiger partial charge in [-0.1, -0.05) is 6.07 Å². The molecule has 24 heavy (non-hydrogen) atoms. The lowest BCUT2D eigenvalue weighted by Gasteiger charge is -2.49. The molecule has 0 aliphatic carbocycles. The highest BCUT2D eigenvalue weighted by molar-refractivity contribution is 8.00. The third-order valence-corrected chi connectivity index (χ3v) is 6.11. The number of carbonyl (C=O) groups excluding carboxylic acids is 2. The number of aliphatic hydroxyl groups is 1. The molecule has 1 aromatic heterocycles. The van der Waals surface area contributed by atoms with Gasteiger partial charge in [0.15, 0.2) is 0 Å². The van der Waals surface area contributed by atoms with E-state index in [1.807, 2.05) is 17.5 Å². The van der Waals surface area contributed by atoms with Gasteiger partial charge in [-0.2, -0.15) is 0 Å². The van der Waals surface area contributed by atoms with Crippen LogP contribution in [0.3, 0.4) is 0 Å². The minimum Gasteiger partial charge on any atom is -0.477 e. The first-order valence-corrected chi connectivity index (χ1v) is 9.23. The summed E-state index contributed by atoms with van der Waals surface area (Å²) in [4.78, 5) is 38.0. The lowest BCUT2D eigenvalue weighted by Crippen LogP contribution is -2.70. The predicted molar refractivity (Wildman–Crippen MR) is 89.4 cm³/mol. The Morgan fingerprint density at radius 3 is 2.83 bits per heavy atom. The number of aliphatic hydroxyl groups excluding tert-OH is 1. The van der Waals surface area contributed by atoms with Crippen LogP contribution >= 0.6 is 23.1 Å². The fourth-order valence-corrected chi connectivity index (χ4v) is 4.93. The van der Waals surface area contributed by atoms with Gasteiger partial charge < -0.3 is 15.5 Å². The minimum atomic E-state index is -1.24. The zero-order chi connectivity index (χ0) is 17.4. The summed E-state index contributed by atoms with van der Waals surface area (Å²) >= 11 is 2.81. The molecule has 2 aliphatic heterocycles. The van der Waals surface area contributed by atoms with Crippen LogP contribution in [0.4, 0.5) is 0 Å². The van der Waals surface area contributed by atoms with E-state index >= 15 is 0 Å². The van der Waals surface area contributed by atoms with Crippen molar-refractivity contribution in [1.29, 1.82) is 0 Å². The molecule has 128 valence electrons. The molecule has 1 saturated heterocycles. The lowest BCUT2D eigenvalue weighted by molar-refractivity contribution is -0.150. The first kappa shape index (κ1) is 17.0. The van der Waals surface area contributed by atoms with Gasteiger partial charge in [-0.25, -0.2) is 4.79 Å². The maximum Gasteiger partial charge on any atom is 0.352 e. The Morgan fingerprint density at radius 2 is 2.25 bits per heavy atom. The average Bonchev–Trinajstić information content (AvgIpc) is 3.03. The molecule has 2 aliphatic rings. The highest BCUT2D eigenvalue weighted by atomic mass is 32.2. The van der Waals surface area contributed by atoms with Crippen molar-refractivity contribution in [1.82, 2.24) is 10.2 Å². The molecular formula is C15H16N2O5S2. The molecule has 0 spiro atoms. The van der Waals surface area contributed by atoms with Crippen LogP contribution in [-0.2, 0) is 20.8 Å². The number of β-lactam (4-membered cyclic amide) rings is 1. The quantitative estimate of drug-likeness (QED) is 0.650. The van der Waals surface area contributed by atoms with Gasteiger partial charge in [0.25, 0.3) is 5.91 Å². The Labute approximate surface area is 146 Å². The summed E-state index contributed by atoms with van der Waals surface area (Å²) in [7, 11) is 0. The van der Waals surface area contributed by atoms with Crippen LogP contribution in [-0.4, -0.2) is 56.2 Å². The van der Waals surface area contributed by atoms with Crippen molar-refractivity contribution in [3.8, 4) is 0 Å². The first-order valence-electron chi connectivity index (χ1n) is 7.31. The topological polar surface area (TPSA) is 107 Å². The number of fused-ring (bicyclic) bond motifs is 1. The number of thioether (sulfide) groups is 1. The van der Waals surface area contributed by atoms with E-state index < -0.39 is 29.4 Å². The summed E-state index contributed by atoms with van der Waals surface area (Å²) in [6.45, 7) is 1.48. The van der Waals surface area contributed by atoms with Crippen LogP contribution in [0.15, 0.2) is 28.8 Å². The molecule has 3 N–H and O–H groups in total. The van der Waals surface area contributed by atoms with Gasteiger partial charge in [0.2, 0.25) is 5.91 Å². The monoisotopic (exact) mass is 368 g/mol. The van der Waals surface area contributed by atoms with Crippen LogP contribution < -0.4 is 5.32 Å². The van der Waals surface area contributed by atoms with E-state index in [1.165, 1.54) is 30.0 Å². The number of carboxylic acids is 1. The number of rotatable bonds is 5. The van der Waals surface area contributed by atoms with Crippen molar-refractivity contribution in [2.75, 3.05) is 5.75 Å². The Kier molecular flexibility index (Phi) is 4.66. The van der Waals surface area contributed by atoms with Crippen molar-refractivity contribution in [3.63, 3.8) is 0 Å². The first-order chi connectivity index (χ1) is 11.4. The fourth-order valence-electron chi connectivity index (χ4n) is 2.76. The Balaban J connectivity index is 1.72. The van der Waals surface area contributed by atoms with E-state index in [0.29, 0.717) is 11.3 Å². The molecule has 1 fully saturated rings. The third-order valence-electron chi connectivity index (χ3n) is 3.94. The molecule has 3 heterocycles. The minimum absolute atomic E-state index is 0.164. The molecule has 3 rings (SSSR count). The molecule has 1 aromatic rings. The second kappa shape index (κ2) is 6.58. The molecule has 2 amide bonds. The zero-order valence-electron chi connectivity index (χ0n) is 12.8. The van der Waals surface area contributed by atoms with E-state index in [0.717, 1.165) is 9.78 Å². The number of aliphatic carboxylic acids is 1. The number of hydrogen-bond donors (Lipinski definition) is 3. The van der Waals surface area contributed by atoms with Gasteiger partial charge in [0, 0.05) is 10.6 Å². The highest BCUT2D eigenvalue weighted by Crippen LogP contribution is 2.41. The Bertz CT molecular complexity index is 713. The van der Waals surface area contributed by atoms with Crippen LogP contribution in [0, 0.1) is 0 Å². The van der Waals surface area contributed by atoms with Crippen molar-refractivity contribution in [2.24, 2.45) is 0 Å². The maximum atomic E-state index is 12.3. The van der Waals surface area contributed by atoms with Gasteiger partial charge >= 0.3 is 5.97 Å². The summed E-state index contributed by atoms with van der Waals surface area (Å²) in [6, 6.07) is 2.96. The number of amides is 2. The average molecular weight is 368 g/mol. The molecule has 0 aromatic carbocycles. The smallest absolute Gasteiger partial charge is 0.352 e. The fraction of sp³-hybridized carbons (Fsp3) is 0.400.